The molecule has 1 atom stereocenters. The van der Waals surface area contributed by atoms with Crippen LogP contribution in [0.15, 0.2) is 30.3 Å². The van der Waals surface area contributed by atoms with Gasteiger partial charge in [-0.3, -0.25) is 0 Å². The molecule has 0 amide bonds. The largest absolute Gasteiger partial charge is 0.478 e. The maximum absolute atomic E-state index is 11.6. The Hall–Kier alpha value is -3.66. The second-order valence-electron chi connectivity index (χ2n) is 6.63. The van der Waals surface area contributed by atoms with Gasteiger partial charge in [-0.15, -0.1) is 5.10 Å². The number of benzene rings is 2. The molecule has 0 aliphatic carbocycles. The molecule has 0 fully saturated rings. The van der Waals surface area contributed by atoms with E-state index in [1.54, 1.807) is 32.2 Å². The van der Waals surface area contributed by atoms with E-state index in [0.29, 0.717) is 22.8 Å². The summed E-state index contributed by atoms with van der Waals surface area (Å²) in [6, 6.07) is 11.1. The summed E-state index contributed by atoms with van der Waals surface area (Å²) in [6.07, 6.45) is 0. The summed E-state index contributed by atoms with van der Waals surface area (Å²) >= 11 is 0. The molecule has 0 radical (unpaired) electrons. The van der Waals surface area contributed by atoms with Crippen LogP contribution in [0.25, 0.3) is 10.8 Å². The maximum Gasteiger partial charge on any atom is 0.337 e. The molecule has 0 aliphatic heterocycles. The van der Waals surface area contributed by atoms with Gasteiger partial charge >= 0.3 is 5.97 Å². The third kappa shape index (κ3) is 3.32. The standard InChI is InChI=1S/C21H21N5O2/c1-11-14(10-22)6-5-7-15(11)12(2)24-20-17-9-19(23-4)18(21(27)28)8-16(17)13(3)25-26-20/h5-9,12,23H,1-4H3,(H,24,26)(H,27,28). The zero-order chi connectivity index (χ0) is 20.4. The molecule has 7 heteroatoms. The second kappa shape index (κ2) is 7.53. The van der Waals surface area contributed by atoms with Crippen LogP contribution in [0.4, 0.5) is 11.5 Å². The molecule has 3 rings (SSSR count). The molecular formula is C21H21N5O2. The van der Waals surface area contributed by atoms with Crippen LogP contribution < -0.4 is 10.6 Å². The van der Waals surface area contributed by atoms with E-state index < -0.39 is 5.97 Å². The van der Waals surface area contributed by atoms with Crippen LogP contribution >= 0.6 is 0 Å². The molecule has 3 N–H and O–H groups in total. The summed E-state index contributed by atoms with van der Waals surface area (Å²) in [5.74, 6) is -0.447. The highest BCUT2D eigenvalue weighted by Crippen LogP contribution is 2.32. The van der Waals surface area contributed by atoms with Gasteiger partial charge in [0.05, 0.1) is 28.9 Å². The number of anilines is 2. The number of carboxylic acid groups (broad SMARTS) is 1. The van der Waals surface area contributed by atoms with Gasteiger partial charge in [0.15, 0.2) is 5.82 Å². The average Bonchev–Trinajstić information content (AvgIpc) is 2.69. The molecule has 0 aliphatic rings. The lowest BCUT2D eigenvalue weighted by Crippen LogP contribution is -2.12. The van der Waals surface area contributed by atoms with Crippen LogP contribution in [-0.4, -0.2) is 28.3 Å². The minimum Gasteiger partial charge on any atom is -0.478 e. The highest BCUT2D eigenvalue weighted by Gasteiger charge is 2.17. The van der Waals surface area contributed by atoms with Gasteiger partial charge in [-0.2, -0.15) is 10.4 Å². The fourth-order valence-electron chi connectivity index (χ4n) is 3.34. The van der Waals surface area contributed by atoms with Crippen LogP contribution in [0.3, 0.4) is 0 Å². The summed E-state index contributed by atoms with van der Waals surface area (Å²) in [5, 5.41) is 35.0. The summed E-state index contributed by atoms with van der Waals surface area (Å²) in [7, 11) is 1.68. The molecule has 1 heterocycles. The Morgan fingerprint density at radius 3 is 2.61 bits per heavy atom. The van der Waals surface area contributed by atoms with Gasteiger partial charge in [0.1, 0.15) is 0 Å². The Morgan fingerprint density at radius 2 is 1.96 bits per heavy atom. The molecule has 0 bridgehead atoms. The fourth-order valence-corrected chi connectivity index (χ4v) is 3.34. The van der Waals surface area contributed by atoms with E-state index in [-0.39, 0.29) is 11.6 Å². The number of nitrogens with one attached hydrogen (secondary N) is 2. The summed E-state index contributed by atoms with van der Waals surface area (Å²) in [6.45, 7) is 5.71. The first-order chi connectivity index (χ1) is 13.4. The normalized spacial score (nSPS) is 11.7. The zero-order valence-corrected chi connectivity index (χ0v) is 16.2. The number of carboxylic acids is 1. The zero-order valence-electron chi connectivity index (χ0n) is 16.2. The predicted octanol–water partition coefficient (Wildman–Crippen LogP) is 4.03. The Bertz CT molecular complexity index is 1120. The van der Waals surface area contributed by atoms with Crippen molar-refractivity contribution in [1.82, 2.24) is 10.2 Å². The van der Waals surface area contributed by atoms with Crippen LogP contribution in [0, 0.1) is 25.2 Å². The number of nitrogens with zero attached hydrogens (tertiary/aromatic N) is 3. The fraction of sp³-hybridized carbons (Fsp3) is 0.238. The van der Waals surface area contributed by atoms with Gasteiger partial charge in [-0.05, 0) is 50.1 Å². The summed E-state index contributed by atoms with van der Waals surface area (Å²) in [5.41, 5.74) is 3.88. The predicted molar refractivity (Wildman–Crippen MR) is 109 cm³/mol. The van der Waals surface area contributed by atoms with Crippen molar-refractivity contribution in [3.8, 4) is 6.07 Å². The van der Waals surface area contributed by atoms with Crippen molar-refractivity contribution in [2.45, 2.75) is 26.8 Å². The molecule has 0 saturated carbocycles. The highest BCUT2D eigenvalue weighted by molar-refractivity contribution is 6.04. The molecule has 3 aromatic rings. The van der Waals surface area contributed by atoms with Crippen LogP contribution in [0.5, 0.6) is 0 Å². The van der Waals surface area contributed by atoms with Crippen molar-refractivity contribution in [3.63, 3.8) is 0 Å². The maximum atomic E-state index is 11.6. The number of aromatic carboxylic acids is 1. The van der Waals surface area contributed by atoms with Crippen molar-refractivity contribution in [1.29, 1.82) is 5.26 Å². The van der Waals surface area contributed by atoms with Crippen molar-refractivity contribution in [2.24, 2.45) is 0 Å². The van der Waals surface area contributed by atoms with E-state index in [2.05, 4.69) is 26.9 Å². The first-order valence-electron chi connectivity index (χ1n) is 8.85. The van der Waals surface area contributed by atoms with E-state index in [9.17, 15) is 15.2 Å². The van der Waals surface area contributed by atoms with Crippen molar-refractivity contribution < 1.29 is 9.90 Å². The van der Waals surface area contributed by atoms with E-state index in [1.165, 1.54) is 0 Å². The monoisotopic (exact) mass is 375 g/mol. The molecule has 28 heavy (non-hydrogen) atoms. The second-order valence-corrected chi connectivity index (χ2v) is 6.63. The molecule has 1 unspecified atom stereocenters. The number of carbonyl (C=O) groups is 1. The molecule has 0 saturated heterocycles. The number of fused-ring (bicyclic) bond motifs is 1. The Balaban J connectivity index is 2.10. The number of aryl methyl sites for hydroxylation is 1. The number of nitriles is 1. The van der Waals surface area contributed by atoms with Crippen LogP contribution in [-0.2, 0) is 0 Å². The molecular weight excluding hydrogens is 354 g/mol. The Kier molecular flexibility index (Phi) is 5.14. The SMILES string of the molecule is CNc1cc2c(NC(C)c3cccc(C#N)c3C)nnc(C)c2cc1C(=O)O. The third-order valence-corrected chi connectivity index (χ3v) is 4.92. The van der Waals surface area contributed by atoms with Gasteiger partial charge < -0.3 is 15.7 Å². The first kappa shape index (κ1) is 19.1. The molecule has 1 aromatic heterocycles. The number of aromatic nitrogens is 2. The molecule has 142 valence electrons. The van der Waals surface area contributed by atoms with Gasteiger partial charge in [0.2, 0.25) is 0 Å². The van der Waals surface area contributed by atoms with Crippen molar-refractivity contribution in [3.05, 3.63) is 58.3 Å². The summed E-state index contributed by atoms with van der Waals surface area (Å²) < 4.78 is 0. The van der Waals surface area contributed by atoms with Crippen LogP contribution in [0.2, 0.25) is 0 Å². The number of hydrogen-bond acceptors (Lipinski definition) is 6. The molecule has 0 spiro atoms. The van der Waals surface area contributed by atoms with E-state index >= 15 is 0 Å². The highest BCUT2D eigenvalue weighted by atomic mass is 16.4. The molecule has 7 nitrogen and oxygen atoms in total. The smallest absolute Gasteiger partial charge is 0.337 e. The third-order valence-electron chi connectivity index (χ3n) is 4.92. The van der Waals surface area contributed by atoms with Crippen molar-refractivity contribution >= 4 is 28.2 Å². The lowest BCUT2D eigenvalue weighted by Gasteiger charge is -2.19. The number of hydrogen-bond donors (Lipinski definition) is 3. The van der Waals surface area contributed by atoms with E-state index in [4.69, 9.17) is 0 Å². The van der Waals surface area contributed by atoms with Crippen molar-refractivity contribution in [2.75, 3.05) is 17.7 Å². The minimum absolute atomic E-state index is 0.120. The van der Waals surface area contributed by atoms with E-state index in [1.807, 2.05) is 26.0 Å². The van der Waals surface area contributed by atoms with Crippen LogP contribution in [0.1, 0.15) is 45.7 Å². The average molecular weight is 375 g/mol. The molecule has 2 aromatic carbocycles. The quantitative estimate of drug-likeness (QED) is 0.617. The van der Waals surface area contributed by atoms with Gasteiger partial charge in [0.25, 0.3) is 0 Å². The lowest BCUT2D eigenvalue weighted by atomic mass is 9.98. The van der Waals surface area contributed by atoms with Gasteiger partial charge in [0, 0.05) is 23.5 Å². The van der Waals surface area contributed by atoms with Gasteiger partial charge in [-0.25, -0.2) is 4.79 Å². The first-order valence-corrected chi connectivity index (χ1v) is 8.85. The Morgan fingerprint density at radius 1 is 1.21 bits per heavy atom. The summed E-state index contributed by atoms with van der Waals surface area (Å²) in [4.78, 5) is 11.6. The Labute approximate surface area is 163 Å². The number of rotatable bonds is 5. The van der Waals surface area contributed by atoms with Gasteiger partial charge in [-0.1, -0.05) is 12.1 Å². The minimum atomic E-state index is -1.01. The topological polar surface area (TPSA) is 111 Å². The van der Waals surface area contributed by atoms with E-state index in [0.717, 1.165) is 21.9 Å². The lowest BCUT2D eigenvalue weighted by molar-refractivity contribution is 0.0698.